The molecule has 3 N–H and O–H groups in total. The van der Waals surface area contributed by atoms with Gasteiger partial charge in [-0.25, -0.2) is 0 Å². The highest BCUT2D eigenvalue weighted by molar-refractivity contribution is 5.02. The Bertz CT molecular complexity index is 219. The van der Waals surface area contributed by atoms with Gasteiger partial charge in [-0.2, -0.15) is 5.10 Å². The molecule has 0 aliphatic carbocycles. The number of hydrogen-bond acceptors (Lipinski definition) is 3. The first-order chi connectivity index (χ1) is 5.22. The van der Waals surface area contributed by atoms with Gasteiger partial charge in [0.05, 0.1) is 18.8 Å². The topological polar surface area (TPSA) is 64.1 Å². The second-order valence-electron chi connectivity index (χ2n) is 2.62. The van der Waals surface area contributed by atoms with Crippen molar-refractivity contribution in [1.29, 1.82) is 0 Å². The Hall–Kier alpha value is -0.870. The highest BCUT2D eigenvalue weighted by atomic mass is 16.3. The zero-order valence-corrected chi connectivity index (χ0v) is 6.57. The maximum atomic E-state index is 9.00. The number of aliphatic hydroxyl groups is 1. The standard InChI is InChI=1S/C7H13N3O/c1-6(11)4-10-5-7(2-8)3-9-10/h3,5-6,11H,2,4,8H2,1H3. The van der Waals surface area contributed by atoms with Gasteiger partial charge >= 0.3 is 0 Å². The molecule has 0 saturated carbocycles. The molecule has 1 aromatic rings. The van der Waals surface area contributed by atoms with Crippen LogP contribution in [0.3, 0.4) is 0 Å². The molecular weight excluding hydrogens is 142 g/mol. The van der Waals surface area contributed by atoms with Crippen LogP contribution in [0.5, 0.6) is 0 Å². The fraction of sp³-hybridized carbons (Fsp3) is 0.571. The maximum Gasteiger partial charge on any atom is 0.0708 e. The number of aliphatic hydroxyl groups excluding tert-OH is 1. The second kappa shape index (κ2) is 3.50. The van der Waals surface area contributed by atoms with Gasteiger partial charge in [-0.3, -0.25) is 4.68 Å². The van der Waals surface area contributed by atoms with Gasteiger partial charge < -0.3 is 10.8 Å². The lowest BCUT2D eigenvalue weighted by Crippen LogP contribution is -2.11. The van der Waals surface area contributed by atoms with Gasteiger partial charge in [0.2, 0.25) is 0 Å². The van der Waals surface area contributed by atoms with E-state index in [0.29, 0.717) is 13.1 Å². The minimum absolute atomic E-state index is 0.361. The normalized spacial score (nSPS) is 13.4. The van der Waals surface area contributed by atoms with E-state index in [0.717, 1.165) is 5.56 Å². The summed E-state index contributed by atoms with van der Waals surface area (Å²) in [6.45, 7) is 2.75. The Balaban J connectivity index is 2.58. The van der Waals surface area contributed by atoms with Crippen LogP contribution in [0.25, 0.3) is 0 Å². The van der Waals surface area contributed by atoms with Crippen LogP contribution in [0.1, 0.15) is 12.5 Å². The van der Waals surface area contributed by atoms with Crippen LogP contribution in [-0.4, -0.2) is 21.0 Å². The first kappa shape index (κ1) is 8.23. The first-order valence-corrected chi connectivity index (χ1v) is 3.62. The van der Waals surface area contributed by atoms with E-state index in [2.05, 4.69) is 5.10 Å². The highest BCUT2D eigenvalue weighted by Gasteiger charge is 1.99. The lowest BCUT2D eigenvalue weighted by atomic mass is 10.4. The summed E-state index contributed by atoms with van der Waals surface area (Å²) >= 11 is 0. The van der Waals surface area contributed by atoms with Crippen LogP contribution in [0.15, 0.2) is 12.4 Å². The van der Waals surface area contributed by atoms with Gasteiger partial charge in [0.15, 0.2) is 0 Å². The molecule has 0 amide bonds. The molecule has 0 spiro atoms. The molecule has 0 aliphatic heterocycles. The van der Waals surface area contributed by atoms with E-state index in [1.165, 1.54) is 0 Å². The van der Waals surface area contributed by atoms with Gasteiger partial charge in [-0.15, -0.1) is 0 Å². The van der Waals surface area contributed by atoms with Crippen molar-refractivity contribution in [2.75, 3.05) is 0 Å². The molecule has 0 bridgehead atoms. The molecule has 0 aliphatic rings. The van der Waals surface area contributed by atoms with Crippen LogP contribution in [0, 0.1) is 0 Å². The number of hydrogen-bond donors (Lipinski definition) is 2. The summed E-state index contributed by atoms with van der Waals surface area (Å²) in [4.78, 5) is 0. The predicted molar refractivity (Wildman–Crippen MR) is 41.8 cm³/mol. The largest absolute Gasteiger partial charge is 0.391 e. The summed E-state index contributed by atoms with van der Waals surface area (Å²) in [5, 5.41) is 13.0. The smallest absolute Gasteiger partial charge is 0.0708 e. The second-order valence-corrected chi connectivity index (χ2v) is 2.62. The molecule has 4 nitrogen and oxygen atoms in total. The van der Waals surface area contributed by atoms with Crippen molar-refractivity contribution >= 4 is 0 Å². The SMILES string of the molecule is CC(O)Cn1cc(CN)cn1. The third kappa shape index (κ3) is 2.32. The van der Waals surface area contributed by atoms with Crippen LogP contribution in [0.4, 0.5) is 0 Å². The number of nitrogens with zero attached hydrogens (tertiary/aromatic N) is 2. The van der Waals surface area contributed by atoms with Crippen LogP contribution in [0.2, 0.25) is 0 Å². The monoisotopic (exact) mass is 155 g/mol. The molecule has 4 heteroatoms. The Morgan fingerprint density at radius 1 is 1.82 bits per heavy atom. The molecule has 0 saturated heterocycles. The molecular formula is C7H13N3O. The summed E-state index contributed by atoms with van der Waals surface area (Å²) in [5.74, 6) is 0. The van der Waals surface area contributed by atoms with E-state index in [4.69, 9.17) is 10.8 Å². The van der Waals surface area contributed by atoms with Gasteiger partial charge in [-0.1, -0.05) is 0 Å². The lowest BCUT2D eigenvalue weighted by molar-refractivity contribution is 0.168. The van der Waals surface area contributed by atoms with Crippen molar-refractivity contribution in [1.82, 2.24) is 9.78 Å². The number of rotatable bonds is 3. The third-order valence-corrected chi connectivity index (χ3v) is 1.37. The average molecular weight is 155 g/mol. The van der Waals surface area contributed by atoms with Gasteiger partial charge in [-0.05, 0) is 6.92 Å². The van der Waals surface area contributed by atoms with Crippen molar-refractivity contribution in [2.45, 2.75) is 26.1 Å². The summed E-state index contributed by atoms with van der Waals surface area (Å²) in [6, 6.07) is 0. The number of nitrogens with two attached hydrogens (primary N) is 1. The quantitative estimate of drug-likeness (QED) is 0.631. The Morgan fingerprint density at radius 2 is 2.55 bits per heavy atom. The van der Waals surface area contributed by atoms with Crippen LogP contribution < -0.4 is 5.73 Å². The van der Waals surface area contributed by atoms with E-state index in [-0.39, 0.29) is 6.10 Å². The van der Waals surface area contributed by atoms with Gasteiger partial charge in [0, 0.05) is 18.3 Å². The fourth-order valence-corrected chi connectivity index (χ4v) is 0.882. The zero-order valence-electron chi connectivity index (χ0n) is 6.57. The maximum absolute atomic E-state index is 9.00. The summed E-state index contributed by atoms with van der Waals surface area (Å²) < 4.78 is 1.69. The van der Waals surface area contributed by atoms with E-state index >= 15 is 0 Å². The van der Waals surface area contributed by atoms with E-state index in [9.17, 15) is 0 Å². The molecule has 1 atom stereocenters. The minimum Gasteiger partial charge on any atom is -0.391 e. The molecule has 1 rings (SSSR count). The zero-order chi connectivity index (χ0) is 8.27. The summed E-state index contributed by atoms with van der Waals surface area (Å²) in [6.07, 6.45) is 3.19. The molecule has 0 radical (unpaired) electrons. The van der Waals surface area contributed by atoms with Crippen LogP contribution >= 0.6 is 0 Å². The molecule has 1 aromatic heterocycles. The average Bonchev–Trinajstić information content (AvgIpc) is 2.34. The molecule has 62 valence electrons. The summed E-state index contributed by atoms with van der Waals surface area (Å²) in [7, 11) is 0. The molecule has 1 unspecified atom stereocenters. The molecule has 0 aromatic carbocycles. The summed E-state index contributed by atoms with van der Waals surface area (Å²) in [5.41, 5.74) is 6.37. The Kier molecular flexibility index (Phi) is 2.62. The lowest BCUT2D eigenvalue weighted by Gasteiger charge is -2.02. The van der Waals surface area contributed by atoms with E-state index in [1.807, 2.05) is 6.20 Å². The molecule has 0 fully saturated rings. The first-order valence-electron chi connectivity index (χ1n) is 3.62. The van der Waals surface area contributed by atoms with Crippen molar-refractivity contribution in [3.63, 3.8) is 0 Å². The highest BCUT2D eigenvalue weighted by Crippen LogP contribution is 1.96. The van der Waals surface area contributed by atoms with Gasteiger partial charge in [0.25, 0.3) is 0 Å². The van der Waals surface area contributed by atoms with Crippen molar-refractivity contribution in [3.8, 4) is 0 Å². The Morgan fingerprint density at radius 3 is 3.00 bits per heavy atom. The molecule has 11 heavy (non-hydrogen) atoms. The Labute approximate surface area is 65.6 Å². The third-order valence-electron chi connectivity index (χ3n) is 1.37. The van der Waals surface area contributed by atoms with Gasteiger partial charge in [0.1, 0.15) is 0 Å². The van der Waals surface area contributed by atoms with E-state index < -0.39 is 0 Å². The van der Waals surface area contributed by atoms with Crippen molar-refractivity contribution in [3.05, 3.63) is 18.0 Å². The predicted octanol–water partition coefficient (Wildman–Crippen LogP) is -0.277. The van der Waals surface area contributed by atoms with Crippen molar-refractivity contribution < 1.29 is 5.11 Å². The van der Waals surface area contributed by atoms with Crippen molar-refractivity contribution in [2.24, 2.45) is 5.73 Å². The minimum atomic E-state index is -0.361. The number of aromatic nitrogens is 2. The van der Waals surface area contributed by atoms with Crippen LogP contribution in [-0.2, 0) is 13.1 Å². The van der Waals surface area contributed by atoms with E-state index in [1.54, 1.807) is 17.8 Å². The molecule has 1 heterocycles. The fourth-order valence-electron chi connectivity index (χ4n) is 0.882.